The molecule has 1 aromatic rings. The zero-order valence-corrected chi connectivity index (χ0v) is 9.93. The normalized spacial score (nSPS) is 10.2. The van der Waals surface area contributed by atoms with Gasteiger partial charge in [0, 0.05) is 6.42 Å². The van der Waals surface area contributed by atoms with Crippen LogP contribution < -0.4 is 4.90 Å². The molecule has 0 saturated carbocycles. The van der Waals surface area contributed by atoms with Gasteiger partial charge in [0.1, 0.15) is 0 Å². The number of unbranched alkanes of at least 4 members (excludes halogenated alkanes) is 4. The summed E-state index contributed by atoms with van der Waals surface area (Å²) in [5.41, 5.74) is 0. The molecule has 1 heterocycles. The lowest BCUT2D eigenvalue weighted by atomic mass is 10.1. The monoisotopic (exact) mass is 239 g/mol. The molecule has 0 atom stereocenters. The van der Waals surface area contributed by atoms with Crippen LogP contribution >= 0.6 is 0 Å². The Hall–Kier alpha value is -1.79. The van der Waals surface area contributed by atoms with Crippen molar-refractivity contribution < 1.29 is 9.59 Å². The summed E-state index contributed by atoms with van der Waals surface area (Å²) in [6, 6.07) is 0. The zero-order chi connectivity index (χ0) is 12.5. The van der Waals surface area contributed by atoms with E-state index in [1.54, 1.807) is 0 Å². The fraction of sp³-hybridized carbons (Fsp3) is 0.700. The van der Waals surface area contributed by atoms with Gasteiger partial charge in [-0.15, -0.1) is 0 Å². The average molecular weight is 239 g/mol. The number of hydrogen-bond acceptors (Lipinski definition) is 5. The summed E-state index contributed by atoms with van der Waals surface area (Å²) in [6.07, 6.45) is 6.01. The first-order chi connectivity index (χ1) is 8.29. The first kappa shape index (κ1) is 13.3. The number of hydrogen-bond donors (Lipinski definition) is 1. The van der Waals surface area contributed by atoms with Gasteiger partial charge in [-0.3, -0.25) is 9.59 Å². The average Bonchev–Trinajstić information content (AvgIpc) is 2.83. The van der Waals surface area contributed by atoms with Crippen LogP contribution in [-0.2, 0) is 9.59 Å². The minimum atomic E-state index is -0.282. The third-order valence-electron chi connectivity index (χ3n) is 2.43. The maximum atomic E-state index is 11.7. The van der Waals surface area contributed by atoms with E-state index in [-0.39, 0.29) is 11.9 Å². The summed E-state index contributed by atoms with van der Waals surface area (Å²) in [5.74, 6) is -0.214. The number of imide groups is 1. The maximum absolute atomic E-state index is 11.7. The Kier molecular flexibility index (Phi) is 5.84. The van der Waals surface area contributed by atoms with Crippen LogP contribution in [0.1, 0.15) is 45.4 Å². The molecular weight excluding hydrogens is 222 g/mol. The zero-order valence-electron chi connectivity index (χ0n) is 9.93. The second kappa shape index (κ2) is 7.48. The van der Waals surface area contributed by atoms with Gasteiger partial charge >= 0.3 is 0 Å². The molecule has 0 fully saturated rings. The number of aromatic amines is 1. The molecule has 7 heteroatoms. The minimum Gasteiger partial charge on any atom is -0.278 e. The number of carbonyl (C=O) groups excluding carboxylic acids is 2. The molecule has 17 heavy (non-hydrogen) atoms. The van der Waals surface area contributed by atoms with Gasteiger partial charge in [0.25, 0.3) is 5.95 Å². The molecule has 0 aromatic carbocycles. The van der Waals surface area contributed by atoms with E-state index in [0.717, 1.165) is 30.6 Å². The Bertz CT molecular complexity index is 338. The molecule has 0 spiro atoms. The van der Waals surface area contributed by atoms with E-state index in [1.807, 2.05) is 0 Å². The highest BCUT2D eigenvalue weighted by molar-refractivity contribution is 6.05. The molecule has 1 N–H and O–H groups in total. The molecule has 0 saturated heterocycles. The van der Waals surface area contributed by atoms with Crippen LogP contribution in [0.3, 0.4) is 0 Å². The fourth-order valence-electron chi connectivity index (χ4n) is 1.48. The minimum absolute atomic E-state index is 0.0681. The third-order valence-corrected chi connectivity index (χ3v) is 2.43. The molecule has 0 aliphatic rings. The molecule has 1 aromatic heterocycles. The summed E-state index contributed by atoms with van der Waals surface area (Å²) < 4.78 is 0. The van der Waals surface area contributed by atoms with Gasteiger partial charge in [0.05, 0.1) is 0 Å². The van der Waals surface area contributed by atoms with Crippen LogP contribution in [0.15, 0.2) is 0 Å². The van der Waals surface area contributed by atoms with Gasteiger partial charge in [-0.1, -0.05) is 37.7 Å². The standard InChI is InChI=1S/C10H17N5O2/c1-2-3-4-5-6-7-9(17)15(8-16)10-11-13-14-12-10/h8H,2-7H2,1H3,(H,11,12,13,14). The fourth-order valence-corrected chi connectivity index (χ4v) is 1.48. The number of nitrogens with zero attached hydrogens (tertiary/aromatic N) is 4. The molecule has 0 bridgehead atoms. The van der Waals surface area contributed by atoms with Crippen molar-refractivity contribution in [2.75, 3.05) is 4.90 Å². The number of amides is 2. The number of anilines is 1. The van der Waals surface area contributed by atoms with Crippen molar-refractivity contribution in [1.29, 1.82) is 0 Å². The van der Waals surface area contributed by atoms with E-state index in [1.165, 1.54) is 6.42 Å². The van der Waals surface area contributed by atoms with Crippen LogP contribution in [0.5, 0.6) is 0 Å². The summed E-state index contributed by atoms with van der Waals surface area (Å²) in [4.78, 5) is 23.4. The quantitative estimate of drug-likeness (QED) is 0.540. The van der Waals surface area contributed by atoms with Gasteiger partial charge in [0.15, 0.2) is 0 Å². The van der Waals surface area contributed by atoms with Gasteiger partial charge in [-0.05, 0) is 16.8 Å². The van der Waals surface area contributed by atoms with E-state index in [4.69, 9.17) is 0 Å². The molecule has 2 amide bonds. The molecule has 0 aliphatic heterocycles. The SMILES string of the molecule is CCCCCCCC(=O)N(C=O)c1nnn[nH]1. The topological polar surface area (TPSA) is 91.8 Å². The Morgan fingerprint density at radius 2 is 2.12 bits per heavy atom. The lowest BCUT2D eigenvalue weighted by Gasteiger charge is -2.10. The summed E-state index contributed by atoms with van der Waals surface area (Å²) in [5, 5.41) is 12.5. The number of nitrogens with one attached hydrogen (secondary N) is 1. The van der Waals surface area contributed by atoms with Gasteiger partial charge in [0.2, 0.25) is 12.3 Å². The Morgan fingerprint density at radius 1 is 1.35 bits per heavy atom. The highest BCUT2D eigenvalue weighted by Crippen LogP contribution is 2.09. The highest BCUT2D eigenvalue weighted by atomic mass is 16.2. The maximum Gasteiger partial charge on any atom is 0.256 e. The predicted octanol–water partition coefficient (Wildman–Crippen LogP) is 1.05. The van der Waals surface area contributed by atoms with Crippen LogP contribution in [0.4, 0.5) is 5.95 Å². The van der Waals surface area contributed by atoms with Gasteiger partial charge in [-0.25, -0.2) is 10.00 Å². The molecule has 0 aliphatic carbocycles. The van der Waals surface area contributed by atoms with Gasteiger partial charge < -0.3 is 0 Å². The van der Waals surface area contributed by atoms with E-state index in [2.05, 4.69) is 27.5 Å². The molecule has 0 radical (unpaired) electrons. The number of carbonyl (C=O) groups is 2. The smallest absolute Gasteiger partial charge is 0.256 e. The summed E-state index contributed by atoms with van der Waals surface area (Å²) in [6.45, 7) is 2.14. The van der Waals surface area contributed by atoms with Gasteiger partial charge in [-0.2, -0.15) is 0 Å². The third kappa shape index (κ3) is 4.29. The Balaban J connectivity index is 2.33. The van der Waals surface area contributed by atoms with Crippen molar-refractivity contribution in [3.8, 4) is 0 Å². The van der Waals surface area contributed by atoms with Crippen molar-refractivity contribution in [1.82, 2.24) is 20.6 Å². The molecule has 0 unspecified atom stereocenters. The predicted molar refractivity (Wildman–Crippen MR) is 61.1 cm³/mol. The van der Waals surface area contributed by atoms with Crippen LogP contribution in [-0.4, -0.2) is 32.9 Å². The van der Waals surface area contributed by atoms with Crippen molar-refractivity contribution in [2.24, 2.45) is 0 Å². The first-order valence-corrected chi connectivity index (χ1v) is 5.80. The number of aromatic nitrogens is 4. The van der Waals surface area contributed by atoms with Crippen molar-refractivity contribution >= 4 is 18.3 Å². The summed E-state index contributed by atoms with van der Waals surface area (Å²) >= 11 is 0. The second-order valence-electron chi connectivity index (χ2n) is 3.76. The van der Waals surface area contributed by atoms with E-state index in [0.29, 0.717) is 12.8 Å². The summed E-state index contributed by atoms with van der Waals surface area (Å²) in [7, 11) is 0. The molecule has 1 rings (SSSR count). The number of rotatable bonds is 8. The number of H-pyrrole nitrogens is 1. The van der Waals surface area contributed by atoms with E-state index in [9.17, 15) is 9.59 Å². The number of tetrazole rings is 1. The van der Waals surface area contributed by atoms with Crippen LogP contribution in [0, 0.1) is 0 Å². The highest BCUT2D eigenvalue weighted by Gasteiger charge is 2.17. The lowest BCUT2D eigenvalue weighted by molar-refractivity contribution is -0.122. The molecule has 7 nitrogen and oxygen atoms in total. The Labute approximate surface area is 99.6 Å². The molecule has 94 valence electrons. The van der Waals surface area contributed by atoms with Crippen LogP contribution in [0.25, 0.3) is 0 Å². The van der Waals surface area contributed by atoms with E-state index < -0.39 is 0 Å². The first-order valence-electron chi connectivity index (χ1n) is 5.80. The molecular formula is C10H17N5O2. The Morgan fingerprint density at radius 3 is 2.71 bits per heavy atom. The van der Waals surface area contributed by atoms with E-state index >= 15 is 0 Å². The van der Waals surface area contributed by atoms with Crippen molar-refractivity contribution in [2.45, 2.75) is 45.4 Å². The largest absolute Gasteiger partial charge is 0.278 e. The van der Waals surface area contributed by atoms with Crippen LogP contribution in [0.2, 0.25) is 0 Å². The second-order valence-corrected chi connectivity index (χ2v) is 3.76. The lowest BCUT2D eigenvalue weighted by Crippen LogP contribution is -2.30. The van der Waals surface area contributed by atoms with Crippen molar-refractivity contribution in [3.05, 3.63) is 0 Å². The van der Waals surface area contributed by atoms with Crippen molar-refractivity contribution in [3.63, 3.8) is 0 Å².